The van der Waals surface area contributed by atoms with Gasteiger partial charge < -0.3 is 5.11 Å². The minimum Gasteiger partial charge on any atom is -0.391 e. The van der Waals surface area contributed by atoms with Gasteiger partial charge in [0.15, 0.2) is 0 Å². The van der Waals surface area contributed by atoms with Crippen molar-refractivity contribution >= 4 is 0 Å². The summed E-state index contributed by atoms with van der Waals surface area (Å²) >= 11 is 0. The number of hydrogen-bond acceptors (Lipinski definition) is 2. The van der Waals surface area contributed by atoms with Gasteiger partial charge in [0.05, 0.1) is 6.10 Å². The van der Waals surface area contributed by atoms with E-state index in [9.17, 15) is 5.11 Å². The molecule has 3 fully saturated rings. The number of likely N-dealkylation sites (tertiary alicyclic amines) is 1. The number of fused-ring (bicyclic) bond motifs is 1. The molecule has 0 aromatic rings. The first-order valence-electron chi connectivity index (χ1n) is 6.30. The number of hydrogen-bond donors (Lipinski definition) is 1. The average molecular weight is 195 g/mol. The summed E-state index contributed by atoms with van der Waals surface area (Å²) in [7, 11) is 0. The maximum Gasteiger partial charge on any atom is 0.0695 e. The Morgan fingerprint density at radius 3 is 2.43 bits per heavy atom. The molecule has 0 spiro atoms. The van der Waals surface area contributed by atoms with Crippen LogP contribution in [0.4, 0.5) is 0 Å². The molecule has 1 aliphatic heterocycles. The quantitative estimate of drug-likeness (QED) is 0.689. The summed E-state index contributed by atoms with van der Waals surface area (Å²) in [6, 6.07) is 1.36. The zero-order valence-corrected chi connectivity index (χ0v) is 8.86. The second-order valence-electron chi connectivity index (χ2n) is 5.35. The Morgan fingerprint density at radius 1 is 0.857 bits per heavy atom. The van der Waals surface area contributed by atoms with Crippen LogP contribution >= 0.6 is 0 Å². The summed E-state index contributed by atoms with van der Waals surface area (Å²) < 4.78 is 0. The van der Waals surface area contributed by atoms with E-state index in [0.717, 1.165) is 18.4 Å². The van der Waals surface area contributed by atoms with Crippen LogP contribution in [0.1, 0.15) is 44.9 Å². The van der Waals surface area contributed by atoms with Crippen LogP contribution < -0.4 is 0 Å². The molecule has 2 heteroatoms. The number of aliphatic hydroxyl groups excluding tert-OH is 1. The van der Waals surface area contributed by atoms with Crippen molar-refractivity contribution in [3.8, 4) is 0 Å². The molecule has 3 rings (SSSR count). The molecule has 0 unspecified atom stereocenters. The highest BCUT2D eigenvalue weighted by Crippen LogP contribution is 2.41. The molecule has 1 heterocycles. The molecule has 14 heavy (non-hydrogen) atoms. The summed E-state index contributed by atoms with van der Waals surface area (Å²) in [5.74, 6) is 0.975. The highest BCUT2D eigenvalue weighted by atomic mass is 16.3. The summed E-state index contributed by atoms with van der Waals surface area (Å²) in [4.78, 5) is 2.65. The van der Waals surface area contributed by atoms with Gasteiger partial charge in [-0.05, 0) is 51.0 Å². The Labute approximate surface area is 86.3 Å². The Morgan fingerprint density at radius 2 is 1.64 bits per heavy atom. The van der Waals surface area contributed by atoms with Crippen LogP contribution in [0.2, 0.25) is 0 Å². The largest absolute Gasteiger partial charge is 0.391 e. The smallest absolute Gasteiger partial charge is 0.0695 e. The Kier molecular flexibility index (Phi) is 2.29. The molecule has 0 radical (unpaired) electrons. The van der Waals surface area contributed by atoms with E-state index < -0.39 is 0 Å². The number of aliphatic hydroxyl groups is 1. The molecule has 2 saturated carbocycles. The van der Waals surface area contributed by atoms with E-state index in [-0.39, 0.29) is 6.10 Å². The second kappa shape index (κ2) is 3.49. The summed E-state index contributed by atoms with van der Waals surface area (Å²) in [6.45, 7) is 1.26. The third-order valence-electron chi connectivity index (χ3n) is 4.67. The second-order valence-corrected chi connectivity index (χ2v) is 5.35. The predicted molar refractivity (Wildman–Crippen MR) is 56.1 cm³/mol. The molecule has 0 aromatic heterocycles. The Balaban J connectivity index is 1.72. The van der Waals surface area contributed by atoms with Gasteiger partial charge in [-0.15, -0.1) is 0 Å². The molecule has 1 saturated heterocycles. The third-order valence-corrected chi connectivity index (χ3v) is 4.67. The van der Waals surface area contributed by atoms with Crippen molar-refractivity contribution in [1.82, 2.24) is 4.90 Å². The highest BCUT2D eigenvalue weighted by Gasteiger charge is 2.43. The van der Waals surface area contributed by atoms with E-state index in [2.05, 4.69) is 4.90 Å². The summed E-state index contributed by atoms with van der Waals surface area (Å²) in [5.41, 5.74) is 0. The van der Waals surface area contributed by atoms with Crippen molar-refractivity contribution in [2.75, 3.05) is 6.54 Å². The van der Waals surface area contributed by atoms with Crippen LogP contribution in [-0.4, -0.2) is 34.7 Å². The first-order chi connectivity index (χ1) is 6.86. The van der Waals surface area contributed by atoms with Crippen molar-refractivity contribution in [3.63, 3.8) is 0 Å². The standard InChI is InChI=1S/C12H21NO/c14-12-6-2-5-11(12)13-8-7-9-3-1-4-10(9)13/h9-12,14H,1-8H2/t9-,10-,11-,12-/m1/s1. The topological polar surface area (TPSA) is 23.5 Å². The molecule has 2 aliphatic carbocycles. The van der Waals surface area contributed by atoms with E-state index >= 15 is 0 Å². The van der Waals surface area contributed by atoms with Crippen molar-refractivity contribution in [3.05, 3.63) is 0 Å². The van der Waals surface area contributed by atoms with Crippen LogP contribution in [0.25, 0.3) is 0 Å². The summed E-state index contributed by atoms with van der Waals surface area (Å²) in [6.07, 6.45) is 9.16. The number of nitrogens with zero attached hydrogens (tertiary/aromatic N) is 1. The lowest BCUT2D eigenvalue weighted by molar-refractivity contribution is 0.0603. The van der Waals surface area contributed by atoms with Crippen LogP contribution in [0, 0.1) is 5.92 Å². The molecule has 2 nitrogen and oxygen atoms in total. The monoisotopic (exact) mass is 195 g/mol. The molecule has 0 bridgehead atoms. The SMILES string of the molecule is O[C@@H]1CCC[C@H]1N1CC[C@H]2CCC[C@H]21. The van der Waals surface area contributed by atoms with E-state index in [0.29, 0.717) is 6.04 Å². The zero-order chi connectivity index (χ0) is 9.54. The van der Waals surface area contributed by atoms with Gasteiger partial charge >= 0.3 is 0 Å². The molecule has 4 atom stereocenters. The molecule has 3 aliphatic rings. The van der Waals surface area contributed by atoms with Crippen molar-refractivity contribution in [1.29, 1.82) is 0 Å². The average Bonchev–Trinajstić information content (AvgIpc) is 2.78. The third kappa shape index (κ3) is 1.31. The fourth-order valence-electron chi connectivity index (χ4n) is 3.99. The zero-order valence-electron chi connectivity index (χ0n) is 8.86. The van der Waals surface area contributed by atoms with Gasteiger partial charge in [-0.25, -0.2) is 0 Å². The molecule has 0 aromatic carbocycles. The van der Waals surface area contributed by atoms with E-state index in [4.69, 9.17) is 0 Å². The lowest BCUT2D eigenvalue weighted by Crippen LogP contribution is -2.43. The van der Waals surface area contributed by atoms with Gasteiger partial charge in [0.25, 0.3) is 0 Å². The lowest BCUT2D eigenvalue weighted by atomic mass is 10.0. The van der Waals surface area contributed by atoms with Gasteiger partial charge in [0.1, 0.15) is 0 Å². The van der Waals surface area contributed by atoms with Gasteiger partial charge in [0, 0.05) is 12.1 Å². The maximum absolute atomic E-state index is 9.93. The fourth-order valence-corrected chi connectivity index (χ4v) is 3.99. The minimum absolute atomic E-state index is 0.0191. The lowest BCUT2D eigenvalue weighted by Gasteiger charge is -2.32. The van der Waals surface area contributed by atoms with Crippen LogP contribution in [-0.2, 0) is 0 Å². The number of rotatable bonds is 1. The van der Waals surface area contributed by atoms with Crippen LogP contribution in [0.5, 0.6) is 0 Å². The van der Waals surface area contributed by atoms with Crippen LogP contribution in [0.15, 0.2) is 0 Å². The van der Waals surface area contributed by atoms with Gasteiger partial charge in [-0.3, -0.25) is 4.90 Å². The first kappa shape index (κ1) is 9.17. The van der Waals surface area contributed by atoms with E-state index in [1.807, 2.05) is 0 Å². The molecule has 0 amide bonds. The molecular formula is C12H21NO. The Bertz CT molecular complexity index is 218. The molecule has 1 N–H and O–H groups in total. The normalized spacial score (nSPS) is 48.6. The Hall–Kier alpha value is -0.0800. The maximum atomic E-state index is 9.93. The summed E-state index contributed by atoms with van der Waals surface area (Å²) in [5, 5.41) is 9.93. The van der Waals surface area contributed by atoms with Crippen molar-refractivity contribution in [2.24, 2.45) is 5.92 Å². The fraction of sp³-hybridized carbons (Fsp3) is 1.00. The molecule has 80 valence electrons. The van der Waals surface area contributed by atoms with Gasteiger partial charge in [0.2, 0.25) is 0 Å². The highest BCUT2D eigenvalue weighted by molar-refractivity contribution is 4.97. The van der Waals surface area contributed by atoms with Gasteiger partial charge in [-0.1, -0.05) is 6.42 Å². The predicted octanol–water partition coefficient (Wildman–Crippen LogP) is 1.77. The van der Waals surface area contributed by atoms with E-state index in [1.165, 1.54) is 45.1 Å². The van der Waals surface area contributed by atoms with Crippen molar-refractivity contribution < 1.29 is 5.11 Å². The van der Waals surface area contributed by atoms with Crippen molar-refractivity contribution in [2.45, 2.75) is 63.1 Å². The first-order valence-corrected chi connectivity index (χ1v) is 6.30. The minimum atomic E-state index is -0.0191. The molecular weight excluding hydrogens is 174 g/mol. The van der Waals surface area contributed by atoms with Gasteiger partial charge in [-0.2, -0.15) is 0 Å². The van der Waals surface area contributed by atoms with Crippen LogP contribution in [0.3, 0.4) is 0 Å². The van der Waals surface area contributed by atoms with E-state index in [1.54, 1.807) is 0 Å².